The van der Waals surface area contributed by atoms with E-state index >= 15 is 0 Å². The molecule has 1 aromatic carbocycles. The molecule has 0 aromatic heterocycles. The lowest BCUT2D eigenvalue weighted by Crippen LogP contribution is -2.66. The molecule has 19 heavy (non-hydrogen) atoms. The summed E-state index contributed by atoms with van der Waals surface area (Å²) in [5.41, 5.74) is 1.72. The van der Waals surface area contributed by atoms with Crippen LogP contribution in [0.1, 0.15) is 51.5 Å². The van der Waals surface area contributed by atoms with Crippen LogP contribution in [0.4, 0.5) is 0 Å². The number of fused-ring (bicyclic) bond motifs is 2. The van der Waals surface area contributed by atoms with Crippen LogP contribution in [-0.2, 0) is 6.54 Å². The van der Waals surface area contributed by atoms with E-state index in [2.05, 4.69) is 49.1 Å². The van der Waals surface area contributed by atoms with E-state index in [4.69, 9.17) is 0 Å². The van der Waals surface area contributed by atoms with Crippen molar-refractivity contribution < 1.29 is 5.11 Å². The van der Waals surface area contributed by atoms with Crippen molar-refractivity contribution in [2.45, 2.75) is 69.7 Å². The third kappa shape index (κ3) is 2.32. The van der Waals surface area contributed by atoms with Crippen LogP contribution in [-0.4, -0.2) is 27.2 Å². The second-order valence-corrected chi connectivity index (χ2v) is 6.98. The third-order valence-electron chi connectivity index (χ3n) is 5.27. The number of nitrogens with zero attached hydrogens (tertiary/aromatic N) is 1. The fraction of sp³-hybridized carbons (Fsp3) is 0.647. The second-order valence-electron chi connectivity index (χ2n) is 6.98. The van der Waals surface area contributed by atoms with E-state index in [-0.39, 0.29) is 17.2 Å². The Morgan fingerprint density at radius 3 is 2.26 bits per heavy atom. The zero-order valence-electron chi connectivity index (χ0n) is 12.1. The molecule has 3 atom stereocenters. The molecule has 2 heteroatoms. The quantitative estimate of drug-likeness (QED) is 0.880. The summed E-state index contributed by atoms with van der Waals surface area (Å²) in [6.07, 6.45) is 5.46. The van der Waals surface area contributed by atoms with Crippen molar-refractivity contribution in [1.29, 1.82) is 0 Å². The highest BCUT2D eigenvalue weighted by molar-refractivity contribution is 5.17. The Bertz CT molecular complexity index is 426. The normalized spacial score (nSPS) is 39.2. The summed E-state index contributed by atoms with van der Waals surface area (Å²) in [5, 5.41) is 10.2. The summed E-state index contributed by atoms with van der Waals surface area (Å²) in [4.78, 5) is 2.67. The van der Waals surface area contributed by atoms with Gasteiger partial charge in [0.15, 0.2) is 0 Å². The minimum atomic E-state index is -0.123. The third-order valence-corrected chi connectivity index (χ3v) is 5.27. The molecular formula is C17H25NO. The van der Waals surface area contributed by atoms with E-state index in [9.17, 15) is 5.11 Å². The molecule has 0 saturated carbocycles. The highest BCUT2D eigenvalue weighted by atomic mass is 16.3. The molecule has 2 saturated heterocycles. The van der Waals surface area contributed by atoms with Crippen LogP contribution in [0.5, 0.6) is 0 Å². The van der Waals surface area contributed by atoms with Gasteiger partial charge in [-0.15, -0.1) is 0 Å². The molecule has 2 aliphatic rings. The lowest BCUT2D eigenvalue weighted by atomic mass is 9.67. The Balaban J connectivity index is 1.90. The Morgan fingerprint density at radius 2 is 1.68 bits per heavy atom. The van der Waals surface area contributed by atoms with Gasteiger partial charge in [0.05, 0.1) is 6.10 Å². The average Bonchev–Trinajstić information content (AvgIpc) is 2.33. The number of aliphatic hydroxyl groups excluding tert-OH is 1. The lowest BCUT2D eigenvalue weighted by Gasteiger charge is -2.60. The fourth-order valence-electron chi connectivity index (χ4n) is 4.43. The van der Waals surface area contributed by atoms with Gasteiger partial charge in [-0.05, 0) is 51.5 Å². The molecule has 0 spiro atoms. The molecule has 3 rings (SSSR count). The molecule has 1 unspecified atom stereocenters. The molecule has 104 valence electrons. The van der Waals surface area contributed by atoms with Crippen molar-refractivity contribution in [3.05, 3.63) is 35.9 Å². The first-order valence-corrected chi connectivity index (χ1v) is 7.52. The van der Waals surface area contributed by atoms with Crippen molar-refractivity contribution >= 4 is 0 Å². The summed E-state index contributed by atoms with van der Waals surface area (Å²) >= 11 is 0. The maximum atomic E-state index is 10.2. The standard InChI is InChI=1S/C17H25NO/c1-16-9-6-10-17(2,12-15(19)11-16)18(16)13-14-7-4-3-5-8-14/h3-5,7-8,15,19H,6,9-13H2,1-2H3/t15?,16-,17+. The van der Waals surface area contributed by atoms with Crippen molar-refractivity contribution in [3.63, 3.8) is 0 Å². The fourth-order valence-corrected chi connectivity index (χ4v) is 4.43. The number of hydrogen-bond donors (Lipinski definition) is 1. The van der Waals surface area contributed by atoms with E-state index in [0.29, 0.717) is 0 Å². The average molecular weight is 259 g/mol. The molecule has 0 amide bonds. The number of piperidine rings is 2. The molecule has 2 nitrogen and oxygen atoms in total. The number of rotatable bonds is 2. The van der Waals surface area contributed by atoms with Crippen LogP contribution >= 0.6 is 0 Å². The highest BCUT2D eigenvalue weighted by Gasteiger charge is 2.51. The number of benzene rings is 1. The first-order chi connectivity index (χ1) is 9.02. The predicted octanol–water partition coefficient (Wildman–Crippen LogP) is 3.34. The summed E-state index contributed by atoms with van der Waals surface area (Å²) in [7, 11) is 0. The zero-order chi connectivity index (χ0) is 13.5. The molecule has 0 aliphatic carbocycles. The topological polar surface area (TPSA) is 23.5 Å². The first-order valence-electron chi connectivity index (χ1n) is 7.52. The van der Waals surface area contributed by atoms with Crippen LogP contribution in [0.15, 0.2) is 30.3 Å². The van der Waals surface area contributed by atoms with Crippen molar-refractivity contribution in [2.75, 3.05) is 0 Å². The summed E-state index contributed by atoms with van der Waals surface area (Å²) in [6.45, 7) is 5.70. The monoisotopic (exact) mass is 259 g/mol. The van der Waals surface area contributed by atoms with Gasteiger partial charge in [-0.2, -0.15) is 0 Å². The smallest absolute Gasteiger partial charge is 0.0575 e. The van der Waals surface area contributed by atoms with E-state index < -0.39 is 0 Å². The van der Waals surface area contributed by atoms with E-state index in [0.717, 1.165) is 19.4 Å². The van der Waals surface area contributed by atoms with Crippen molar-refractivity contribution in [2.24, 2.45) is 0 Å². The largest absolute Gasteiger partial charge is 0.393 e. The number of aliphatic hydroxyl groups is 1. The first kappa shape index (κ1) is 13.1. The maximum Gasteiger partial charge on any atom is 0.0575 e. The zero-order valence-corrected chi connectivity index (χ0v) is 12.1. The molecular weight excluding hydrogens is 234 g/mol. The van der Waals surface area contributed by atoms with Crippen LogP contribution in [0, 0.1) is 0 Å². The second kappa shape index (κ2) is 4.60. The van der Waals surface area contributed by atoms with Gasteiger partial charge in [-0.25, -0.2) is 0 Å². The molecule has 2 aliphatic heterocycles. The van der Waals surface area contributed by atoms with Gasteiger partial charge >= 0.3 is 0 Å². The molecule has 2 bridgehead atoms. The Kier molecular flexibility index (Phi) is 3.18. The number of hydrogen-bond acceptors (Lipinski definition) is 2. The molecule has 2 heterocycles. The maximum absolute atomic E-state index is 10.2. The van der Waals surface area contributed by atoms with Crippen LogP contribution < -0.4 is 0 Å². The van der Waals surface area contributed by atoms with E-state index in [1.807, 2.05) is 0 Å². The highest BCUT2D eigenvalue weighted by Crippen LogP contribution is 2.48. The predicted molar refractivity (Wildman–Crippen MR) is 77.9 cm³/mol. The lowest BCUT2D eigenvalue weighted by molar-refractivity contribution is -0.131. The SMILES string of the molecule is C[C@]12CCC[C@](C)(CC(O)C1)N2Cc1ccccc1. The Hall–Kier alpha value is -0.860. The van der Waals surface area contributed by atoms with E-state index in [1.165, 1.54) is 24.8 Å². The summed E-state index contributed by atoms with van der Waals surface area (Å²) in [6, 6.07) is 10.7. The van der Waals surface area contributed by atoms with Gasteiger partial charge in [0.1, 0.15) is 0 Å². The van der Waals surface area contributed by atoms with Crippen LogP contribution in [0.2, 0.25) is 0 Å². The van der Waals surface area contributed by atoms with E-state index in [1.54, 1.807) is 0 Å². The van der Waals surface area contributed by atoms with Gasteiger partial charge in [0.25, 0.3) is 0 Å². The van der Waals surface area contributed by atoms with Gasteiger partial charge in [0.2, 0.25) is 0 Å². The molecule has 0 radical (unpaired) electrons. The van der Waals surface area contributed by atoms with Gasteiger partial charge < -0.3 is 5.11 Å². The summed E-state index contributed by atoms with van der Waals surface area (Å²) < 4.78 is 0. The Labute approximate surface area is 116 Å². The molecule has 1 aromatic rings. The van der Waals surface area contributed by atoms with Crippen LogP contribution in [0.25, 0.3) is 0 Å². The summed E-state index contributed by atoms with van der Waals surface area (Å²) in [5.74, 6) is 0. The van der Waals surface area contributed by atoms with Gasteiger partial charge in [-0.1, -0.05) is 30.3 Å². The molecule has 2 fully saturated rings. The molecule has 1 N–H and O–H groups in total. The van der Waals surface area contributed by atoms with Gasteiger partial charge in [0, 0.05) is 17.6 Å². The van der Waals surface area contributed by atoms with Gasteiger partial charge in [-0.3, -0.25) is 4.90 Å². The van der Waals surface area contributed by atoms with Crippen LogP contribution in [0.3, 0.4) is 0 Å². The minimum absolute atomic E-state index is 0.123. The minimum Gasteiger partial charge on any atom is -0.393 e. The van der Waals surface area contributed by atoms with Crippen molar-refractivity contribution in [3.8, 4) is 0 Å². The van der Waals surface area contributed by atoms with Crippen molar-refractivity contribution in [1.82, 2.24) is 4.90 Å². The Morgan fingerprint density at radius 1 is 1.11 bits per heavy atom.